The van der Waals surface area contributed by atoms with Crippen LogP contribution >= 0.6 is 0 Å². The first-order valence-corrected chi connectivity index (χ1v) is 16.1. The fourth-order valence-electron chi connectivity index (χ4n) is 6.87. The highest BCUT2D eigenvalue weighted by Crippen LogP contribution is 2.39. The molecule has 0 spiro atoms. The molecule has 0 N–H and O–H groups in total. The van der Waals surface area contributed by atoms with Gasteiger partial charge in [-0.25, -0.2) is 9.97 Å². The summed E-state index contributed by atoms with van der Waals surface area (Å²) in [4.78, 5) is 10.4. The Bertz CT molecular complexity index is 2510. The molecule has 0 radical (unpaired) electrons. The van der Waals surface area contributed by atoms with Crippen molar-refractivity contribution in [2.45, 2.75) is 12.8 Å². The van der Waals surface area contributed by atoms with Gasteiger partial charge in [-0.2, -0.15) is 0 Å². The van der Waals surface area contributed by atoms with Gasteiger partial charge in [0.05, 0.1) is 11.4 Å². The van der Waals surface area contributed by atoms with Crippen molar-refractivity contribution in [2.24, 2.45) is 0 Å². The van der Waals surface area contributed by atoms with E-state index in [2.05, 4.69) is 140 Å². The van der Waals surface area contributed by atoms with Crippen molar-refractivity contribution in [3.8, 4) is 33.8 Å². The van der Waals surface area contributed by atoms with Gasteiger partial charge in [-0.1, -0.05) is 127 Å². The molecule has 6 aromatic carbocycles. The normalized spacial score (nSPS) is 13.2. The van der Waals surface area contributed by atoms with E-state index in [0.717, 1.165) is 74.1 Å². The molecule has 3 heteroatoms. The van der Waals surface area contributed by atoms with E-state index in [1.807, 2.05) is 18.2 Å². The number of allylic oxidation sites excluding steroid dienone is 4. The number of nitrogens with zero attached hydrogens (tertiary/aromatic N) is 2. The molecule has 0 bridgehead atoms. The quantitative estimate of drug-likeness (QED) is 0.197. The second kappa shape index (κ2) is 11.4. The van der Waals surface area contributed by atoms with E-state index in [4.69, 9.17) is 14.4 Å². The Hall–Kier alpha value is -6.06. The third-order valence-corrected chi connectivity index (χ3v) is 9.27. The van der Waals surface area contributed by atoms with Crippen LogP contribution in [0.4, 0.5) is 0 Å². The fourth-order valence-corrected chi connectivity index (χ4v) is 6.87. The van der Waals surface area contributed by atoms with Crippen LogP contribution in [0.1, 0.15) is 24.1 Å². The summed E-state index contributed by atoms with van der Waals surface area (Å²) in [5.41, 5.74) is 12.0. The number of benzene rings is 6. The first-order valence-electron chi connectivity index (χ1n) is 16.1. The summed E-state index contributed by atoms with van der Waals surface area (Å²) in [7, 11) is 0. The number of aromatic nitrogens is 2. The van der Waals surface area contributed by atoms with E-state index in [-0.39, 0.29) is 0 Å². The van der Waals surface area contributed by atoms with Gasteiger partial charge in [0, 0.05) is 21.9 Å². The highest BCUT2D eigenvalue weighted by atomic mass is 16.3. The van der Waals surface area contributed by atoms with Crippen LogP contribution < -0.4 is 0 Å². The Morgan fingerprint density at radius 1 is 0.404 bits per heavy atom. The van der Waals surface area contributed by atoms with E-state index in [0.29, 0.717) is 0 Å². The van der Waals surface area contributed by atoms with Crippen molar-refractivity contribution in [3.63, 3.8) is 0 Å². The highest BCUT2D eigenvalue weighted by Gasteiger charge is 2.18. The monoisotopic (exact) mass is 602 g/mol. The zero-order chi connectivity index (χ0) is 31.2. The second-order valence-corrected chi connectivity index (χ2v) is 12.1. The van der Waals surface area contributed by atoms with Crippen LogP contribution in [0.2, 0.25) is 0 Å². The highest BCUT2D eigenvalue weighted by molar-refractivity contribution is 6.09. The number of furan rings is 1. The van der Waals surface area contributed by atoms with Gasteiger partial charge in [0.1, 0.15) is 11.2 Å². The first-order chi connectivity index (χ1) is 23.3. The van der Waals surface area contributed by atoms with Crippen LogP contribution in [0.3, 0.4) is 0 Å². The number of rotatable bonds is 5. The van der Waals surface area contributed by atoms with E-state index >= 15 is 0 Å². The average molecular weight is 603 g/mol. The minimum absolute atomic E-state index is 0.735. The zero-order valence-electron chi connectivity index (χ0n) is 25.7. The topological polar surface area (TPSA) is 38.9 Å². The lowest BCUT2D eigenvalue weighted by atomic mass is 9.91. The second-order valence-electron chi connectivity index (χ2n) is 12.1. The average Bonchev–Trinajstić information content (AvgIpc) is 3.53. The molecule has 47 heavy (non-hydrogen) atoms. The molecule has 0 unspecified atom stereocenters. The van der Waals surface area contributed by atoms with Gasteiger partial charge < -0.3 is 4.42 Å². The summed E-state index contributed by atoms with van der Waals surface area (Å²) in [5.74, 6) is 0.735. The minimum atomic E-state index is 0.735. The predicted molar refractivity (Wildman–Crippen MR) is 195 cm³/mol. The molecule has 0 aliphatic heterocycles. The van der Waals surface area contributed by atoms with Crippen LogP contribution in [0.5, 0.6) is 0 Å². The molecule has 0 saturated carbocycles. The van der Waals surface area contributed by atoms with Crippen molar-refractivity contribution in [1.29, 1.82) is 0 Å². The number of hydrogen-bond acceptors (Lipinski definition) is 3. The van der Waals surface area contributed by atoms with Crippen molar-refractivity contribution in [2.75, 3.05) is 0 Å². The number of para-hydroxylation sites is 1. The molecule has 0 fully saturated rings. The van der Waals surface area contributed by atoms with Gasteiger partial charge in [0.25, 0.3) is 0 Å². The van der Waals surface area contributed by atoms with Gasteiger partial charge in [-0.05, 0) is 81.8 Å². The van der Waals surface area contributed by atoms with E-state index in [1.165, 1.54) is 27.7 Å². The summed E-state index contributed by atoms with van der Waals surface area (Å²) < 4.78 is 6.12. The molecule has 0 atom stereocenters. The van der Waals surface area contributed by atoms with Crippen molar-refractivity contribution in [3.05, 3.63) is 169 Å². The van der Waals surface area contributed by atoms with Crippen LogP contribution in [-0.2, 0) is 0 Å². The standard InChI is InChI=1S/C44H30N2O/c1-3-11-29(12-4-1)30-19-21-32(22-20-30)41-28-40(31-13-5-2-6-14-31)45-44(46-41)38-25-24-34(35-15-7-8-16-36(35)38)33-23-26-43-39(27-33)37-17-9-10-18-42(37)47-43/h1-19,21,23-28H,20,22H2. The van der Waals surface area contributed by atoms with Crippen LogP contribution in [-0.4, -0.2) is 9.97 Å². The van der Waals surface area contributed by atoms with Crippen LogP contribution in [0.15, 0.2) is 162 Å². The first kappa shape index (κ1) is 27.3. The van der Waals surface area contributed by atoms with Gasteiger partial charge in [-0.3, -0.25) is 0 Å². The summed E-state index contributed by atoms with van der Waals surface area (Å²) in [6, 6.07) is 50.9. The van der Waals surface area contributed by atoms with E-state index < -0.39 is 0 Å². The largest absolute Gasteiger partial charge is 0.456 e. The minimum Gasteiger partial charge on any atom is -0.456 e. The molecule has 1 aliphatic rings. The fraction of sp³-hybridized carbons (Fsp3) is 0.0455. The predicted octanol–water partition coefficient (Wildman–Crippen LogP) is 11.8. The molecule has 2 heterocycles. The maximum absolute atomic E-state index is 6.12. The molecule has 222 valence electrons. The Labute approximate surface area is 273 Å². The number of fused-ring (bicyclic) bond motifs is 4. The molecule has 3 nitrogen and oxygen atoms in total. The van der Waals surface area contributed by atoms with Gasteiger partial charge in [-0.15, -0.1) is 0 Å². The Morgan fingerprint density at radius 3 is 1.77 bits per heavy atom. The molecule has 1 aliphatic carbocycles. The third-order valence-electron chi connectivity index (χ3n) is 9.27. The SMILES string of the molecule is C1=C(c2ccccc2)CCC(c2cc(-c3ccccc3)nc(-c3ccc(-c4ccc5oc6ccccc6c5c4)c4ccccc34)n2)=C1. The Kier molecular flexibility index (Phi) is 6.60. The summed E-state index contributed by atoms with van der Waals surface area (Å²) in [6.45, 7) is 0. The number of hydrogen-bond donors (Lipinski definition) is 0. The lowest BCUT2D eigenvalue weighted by Gasteiger charge is -2.17. The molecule has 0 saturated heterocycles. The molecule has 2 aromatic heterocycles. The molecule has 0 amide bonds. The van der Waals surface area contributed by atoms with Gasteiger partial charge in [0.2, 0.25) is 0 Å². The zero-order valence-corrected chi connectivity index (χ0v) is 25.7. The van der Waals surface area contributed by atoms with Crippen LogP contribution in [0, 0.1) is 0 Å². The molecular formula is C44H30N2O. The maximum Gasteiger partial charge on any atom is 0.161 e. The smallest absolute Gasteiger partial charge is 0.161 e. The lowest BCUT2D eigenvalue weighted by molar-refractivity contribution is 0.669. The van der Waals surface area contributed by atoms with Gasteiger partial charge >= 0.3 is 0 Å². The van der Waals surface area contributed by atoms with Crippen LogP contribution in [0.25, 0.3) is 77.6 Å². The van der Waals surface area contributed by atoms with E-state index in [9.17, 15) is 0 Å². The third kappa shape index (κ3) is 4.93. The molecule has 9 rings (SSSR count). The van der Waals surface area contributed by atoms with E-state index in [1.54, 1.807) is 0 Å². The van der Waals surface area contributed by atoms with Gasteiger partial charge in [0.15, 0.2) is 5.82 Å². The molecular weight excluding hydrogens is 572 g/mol. The van der Waals surface area contributed by atoms with Crippen molar-refractivity contribution >= 4 is 43.9 Å². The van der Waals surface area contributed by atoms with Crippen molar-refractivity contribution in [1.82, 2.24) is 9.97 Å². The summed E-state index contributed by atoms with van der Waals surface area (Å²) >= 11 is 0. The summed E-state index contributed by atoms with van der Waals surface area (Å²) in [6.07, 6.45) is 6.39. The van der Waals surface area contributed by atoms with Crippen molar-refractivity contribution < 1.29 is 4.42 Å². The maximum atomic E-state index is 6.12. The summed E-state index contributed by atoms with van der Waals surface area (Å²) in [5, 5.41) is 4.55. The Morgan fingerprint density at radius 2 is 1.00 bits per heavy atom. The Balaban J connectivity index is 1.19. The lowest BCUT2D eigenvalue weighted by Crippen LogP contribution is -2.01. The molecule has 8 aromatic rings.